The second-order valence-electron chi connectivity index (χ2n) is 5.14. The summed E-state index contributed by atoms with van der Waals surface area (Å²) in [5.74, 6) is -0.311. The highest BCUT2D eigenvalue weighted by molar-refractivity contribution is 5.96. The Morgan fingerprint density at radius 2 is 2.05 bits per heavy atom. The Morgan fingerprint density at radius 1 is 1.29 bits per heavy atom. The van der Waals surface area contributed by atoms with Gasteiger partial charge in [-0.25, -0.2) is 4.98 Å². The Bertz CT molecular complexity index is 719. The summed E-state index contributed by atoms with van der Waals surface area (Å²) in [5.41, 5.74) is 1.44. The Kier molecular flexibility index (Phi) is 4.73. The molecule has 0 radical (unpaired) electrons. The number of carbonyl (C=O) groups is 1. The summed E-state index contributed by atoms with van der Waals surface area (Å²) in [7, 11) is 0. The number of nitrogens with zero attached hydrogens (tertiary/aromatic N) is 2. The van der Waals surface area contributed by atoms with Crippen molar-refractivity contribution in [3.05, 3.63) is 39.8 Å². The first-order chi connectivity index (χ1) is 10.1. The molecule has 0 saturated heterocycles. The van der Waals surface area contributed by atoms with Crippen LogP contribution in [0.5, 0.6) is 0 Å². The highest BCUT2D eigenvalue weighted by Gasteiger charge is 2.15. The topological polar surface area (TPSA) is 64.0 Å². The van der Waals surface area contributed by atoms with Crippen LogP contribution in [0.15, 0.2) is 23.1 Å². The quantitative estimate of drug-likeness (QED) is 0.917. The van der Waals surface area contributed by atoms with E-state index in [1.54, 1.807) is 18.3 Å². The van der Waals surface area contributed by atoms with Crippen molar-refractivity contribution in [1.82, 2.24) is 14.9 Å². The molecule has 0 aliphatic heterocycles. The van der Waals surface area contributed by atoms with Crippen LogP contribution in [0, 0.1) is 6.92 Å². The molecule has 1 N–H and O–H groups in total. The van der Waals surface area contributed by atoms with Gasteiger partial charge >= 0.3 is 0 Å². The van der Waals surface area contributed by atoms with Gasteiger partial charge in [-0.2, -0.15) is 0 Å². The van der Waals surface area contributed by atoms with E-state index >= 15 is 0 Å². The van der Waals surface area contributed by atoms with Gasteiger partial charge in [0.25, 0.3) is 5.91 Å². The van der Waals surface area contributed by atoms with Crippen LogP contribution < -0.4 is 10.7 Å². The van der Waals surface area contributed by atoms with Gasteiger partial charge in [-0.15, -0.1) is 0 Å². The van der Waals surface area contributed by atoms with Crippen LogP contribution in [0.1, 0.15) is 42.7 Å². The molecular formula is C16H21N3O2. The molecule has 21 heavy (non-hydrogen) atoms. The third kappa shape index (κ3) is 3.12. The van der Waals surface area contributed by atoms with Crippen molar-refractivity contribution >= 4 is 16.9 Å². The van der Waals surface area contributed by atoms with Crippen LogP contribution in [0.25, 0.3) is 11.0 Å². The van der Waals surface area contributed by atoms with Gasteiger partial charge in [0.1, 0.15) is 11.2 Å². The van der Waals surface area contributed by atoms with Crippen LogP contribution in [0.3, 0.4) is 0 Å². The molecule has 2 rings (SSSR count). The minimum absolute atomic E-state index is 0.190. The number of aryl methyl sites for hydroxylation is 2. The number of hydrogen-bond donors (Lipinski definition) is 1. The van der Waals surface area contributed by atoms with Crippen LogP contribution >= 0.6 is 0 Å². The molecule has 0 saturated carbocycles. The van der Waals surface area contributed by atoms with Crippen molar-refractivity contribution in [2.45, 2.75) is 40.2 Å². The summed E-state index contributed by atoms with van der Waals surface area (Å²) in [6, 6.07) is 3.55. The summed E-state index contributed by atoms with van der Waals surface area (Å²) in [4.78, 5) is 29.1. The minimum atomic E-state index is -0.311. The predicted molar refractivity (Wildman–Crippen MR) is 83.7 cm³/mol. The highest BCUT2D eigenvalue weighted by atomic mass is 16.2. The second-order valence-corrected chi connectivity index (χ2v) is 5.14. The zero-order chi connectivity index (χ0) is 15.4. The first kappa shape index (κ1) is 15.2. The third-order valence-electron chi connectivity index (χ3n) is 3.31. The van der Waals surface area contributed by atoms with Gasteiger partial charge in [-0.3, -0.25) is 9.59 Å². The fourth-order valence-electron chi connectivity index (χ4n) is 2.27. The van der Waals surface area contributed by atoms with E-state index in [1.165, 1.54) is 0 Å². The standard InChI is InChI=1S/C16H21N3O2/c1-4-8-17-16(21)13-10-19(9-5-2)15-12(14(13)20)7-6-11(3)18-15/h6-7,10H,4-5,8-9H2,1-3H3,(H,17,21). The zero-order valence-corrected chi connectivity index (χ0v) is 12.8. The first-order valence-electron chi connectivity index (χ1n) is 7.37. The molecule has 0 aliphatic rings. The summed E-state index contributed by atoms with van der Waals surface area (Å²) >= 11 is 0. The highest BCUT2D eigenvalue weighted by Crippen LogP contribution is 2.11. The number of aromatic nitrogens is 2. The number of fused-ring (bicyclic) bond motifs is 1. The lowest BCUT2D eigenvalue weighted by atomic mass is 10.1. The fraction of sp³-hybridized carbons (Fsp3) is 0.438. The smallest absolute Gasteiger partial charge is 0.256 e. The third-order valence-corrected chi connectivity index (χ3v) is 3.31. The first-order valence-corrected chi connectivity index (χ1v) is 7.37. The summed E-state index contributed by atoms with van der Waals surface area (Å²) < 4.78 is 1.89. The molecule has 1 amide bonds. The Hall–Kier alpha value is -2.17. The molecular weight excluding hydrogens is 266 g/mol. The summed E-state index contributed by atoms with van der Waals surface area (Å²) in [6.45, 7) is 7.21. The van der Waals surface area contributed by atoms with E-state index in [0.29, 0.717) is 17.6 Å². The van der Waals surface area contributed by atoms with Crippen molar-refractivity contribution in [1.29, 1.82) is 0 Å². The maximum Gasteiger partial charge on any atom is 0.256 e. The van der Waals surface area contributed by atoms with Crippen molar-refractivity contribution in [2.24, 2.45) is 0 Å². The number of nitrogens with one attached hydrogen (secondary N) is 1. The zero-order valence-electron chi connectivity index (χ0n) is 12.8. The molecule has 5 heteroatoms. The molecule has 0 spiro atoms. The number of carbonyl (C=O) groups excluding carboxylic acids is 1. The minimum Gasteiger partial charge on any atom is -0.352 e. The van der Waals surface area contributed by atoms with Crippen molar-refractivity contribution < 1.29 is 4.79 Å². The summed E-state index contributed by atoms with van der Waals surface area (Å²) in [5, 5.41) is 3.26. The van der Waals surface area contributed by atoms with Crippen molar-refractivity contribution in [2.75, 3.05) is 6.54 Å². The number of hydrogen-bond acceptors (Lipinski definition) is 3. The number of amides is 1. The molecule has 0 bridgehead atoms. The van der Waals surface area contributed by atoms with Crippen molar-refractivity contribution in [3.63, 3.8) is 0 Å². The molecule has 0 unspecified atom stereocenters. The van der Waals surface area contributed by atoms with Gasteiger partial charge in [0.15, 0.2) is 0 Å². The molecule has 2 heterocycles. The SMILES string of the molecule is CCCNC(=O)c1cn(CCC)c2nc(C)ccc2c1=O. The van der Waals surface area contributed by atoms with E-state index in [2.05, 4.69) is 17.2 Å². The van der Waals surface area contributed by atoms with Crippen LogP contribution in [-0.2, 0) is 6.54 Å². The van der Waals surface area contributed by atoms with Gasteiger partial charge in [0.2, 0.25) is 5.43 Å². The fourth-order valence-corrected chi connectivity index (χ4v) is 2.27. The van der Waals surface area contributed by atoms with E-state index in [-0.39, 0.29) is 16.9 Å². The van der Waals surface area contributed by atoms with Gasteiger partial charge in [0.05, 0.1) is 5.39 Å². The second kappa shape index (κ2) is 6.52. The molecule has 0 atom stereocenters. The lowest BCUT2D eigenvalue weighted by Crippen LogP contribution is -2.30. The van der Waals surface area contributed by atoms with E-state index in [9.17, 15) is 9.59 Å². The van der Waals surface area contributed by atoms with Gasteiger partial charge in [-0.1, -0.05) is 13.8 Å². The van der Waals surface area contributed by atoms with Gasteiger partial charge in [-0.05, 0) is 31.9 Å². The predicted octanol–water partition coefficient (Wildman–Crippen LogP) is 2.25. The summed E-state index contributed by atoms with van der Waals surface area (Å²) in [6.07, 6.45) is 3.37. The lowest BCUT2D eigenvalue weighted by molar-refractivity contribution is 0.0952. The van der Waals surface area contributed by atoms with E-state index < -0.39 is 0 Å². The van der Waals surface area contributed by atoms with Crippen LogP contribution in [-0.4, -0.2) is 22.0 Å². The molecule has 0 aromatic carbocycles. The lowest BCUT2D eigenvalue weighted by Gasteiger charge is -2.12. The normalized spacial score (nSPS) is 10.8. The van der Waals surface area contributed by atoms with Gasteiger partial charge in [0, 0.05) is 25.0 Å². The monoisotopic (exact) mass is 287 g/mol. The van der Waals surface area contributed by atoms with Crippen LogP contribution in [0.2, 0.25) is 0 Å². The molecule has 2 aromatic rings. The Balaban J connectivity index is 2.62. The average Bonchev–Trinajstić information content (AvgIpc) is 2.47. The number of pyridine rings is 2. The Morgan fingerprint density at radius 3 is 2.71 bits per heavy atom. The van der Waals surface area contributed by atoms with Crippen molar-refractivity contribution in [3.8, 4) is 0 Å². The molecule has 0 aliphatic carbocycles. The largest absolute Gasteiger partial charge is 0.352 e. The van der Waals surface area contributed by atoms with E-state index in [0.717, 1.165) is 25.1 Å². The Labute approximate surface area is 124 Å². The molecule has 2 aromatic heterocycles. The van der Waals surface area contributed by atoms with Gasteiger partial charge < -0.3 is 9.88 Å². The molecule has 0 fully saturated rings. The van der Waals surface area contributed by atoms with Crippen LogP contribution in [0.4, 0.5) is 0 Å². The maximum atomic E-state index is 12.5. The molecule has 5 nitrogen and oxygen atoms in total. The van der Waals surface area contributed by atoms with E-state index in [4.69, 9.17) is 0 Å². The average molecular weight is 287 g/mol. The molecule has 112 valence electrons. The van der Waals surface area contributed by atoms with E-state index in [1.807, 2.05) is 18.4 Å². The number of rotatable bonds is 5. The maximum absolute atomic E-state index is 12.5.